The molecule has 0 bridgehead atoms. The van der Waals surface area contributed by atoms with Crippen LogP contribution in [0.4, 0.5) is 5.13 Å². The number of thiazole rings is 1. The molecule has 6 heteroatoms. The Morgan fingerprint density at radius 1 is 1.40 bits per heavy atom. The maximum atomic E-state index is 11.8. The van der Waals surface area contributed by atoms with Crippen molar-refractivity contribution in [2.75, 3.05) is 25.1 Å². The fourth-order valence-corrected chi connectivity index (χ4v) is 2.64. The van der Waals surface area contributed by atoms with E-state index in [-0.39, 0.29) is 18.1 Å². The smallest absolute Gasteiger partial charge is 0.358 e. The van der Waals surface area contributed by atoms with Gasteiger partial charge in [0.1, 0.15) is 4.88 Å². The van der Waals surface area contributed by atoms with E-state index >= 15 is 0 Å². The van der Waals surface area contributed by atoms with Crippen molar-refractivity contribution in [1.29, 1.82) is 0 Å². The monoisotopic (exact) mass is 298 g/mol. The van der Waals surface area contributed by atoms with Crippen LogP contribution in [0.15, 0.2) is 0 Å². The van der Waals surface area contributed by atoms with Crippen molar-refractivity contribution in [3.8, 4) is 0 Å². The van der Waals surface area contributed by atoms with Crippen LogP contribution in [0.3, 0.4) is 0 Å². The van der Waals surface area contributed by atoms with Crippen LogP contribution in [0.5, 0.6) is 0 Å². The summed E-state index contributed by atoms with van der Waals surface area (Å²) < 4.78 is 4.95. The van der Waals surface area contributed by atoms with E-state index in [0.29, 0.717) is 15.9 Å². The Bertz CT molecular complexity index is 485. The lowest BCUT2D eigenvalue weighted by Gasteiger charge is -2.19. The van der Waals surface area contributed by atoms with Crippen molar-refractivity contribution in [3.05, 3.63) is 10.6 Å². The molecule has 1 unspecified atom stereocenters. The molecule has 0 aliphatic carbocycles. The minimum absolute atomic E-state index is 0.135. The quantitative estimate of drug-likeness (QED) is 0.572. The Labute approximate surface area is 124 Å². The van der Waals surface area contributed by atoms with Crippen LogP contribution in [-0.2, 0) is 4.74 Å². The summed E-state index contributed by atoms with van der Waals surface area (Å²) in [6.45, 7) is 8.56. The van der Waals surface area contributed by atoms with Gasteiger partial charge in [-0.25, -0.2) is 9.78 Å². The van der Waals surface area contributed by atoms with Crippen molar-refractivity contribution in [2.24, 2.45) is 5.92 Å². The number of rotatable bonds is 7. The molecular formula is C14H22N2O3S. The number of Topliss-reactive ketones (excluding diaryl/α,β-unsaturated/α-hetero) is 1. The molecule has 0 spiro atoms. The topological polar surface area (TPSA) is 59.5 Å². The van der Waals surface area contributed by atoms with Crippen molar-refractivity contribution in [3.63, 3.8) is 0 Å². The third-order valence-corrected chi connectivity index (χ3v) is 4.28. The van der Waals surface area contributed by atoms with Crippen LogP contribution in [0.25, 0.3) is 0 Å². The highest BCUT2D eigenvalue weighted by Gasteiger charge is 2.23. The lowest BCUT2D eigenvalue weighted by Crippen LogP contribution is -2.23. The largest absolute Gasteiger partial charge is 0.461 e. The van der Waals surface area contributed by atoms with Gasteiger partial charge in [0.15, 0.2) is 16.6 Å². The van der Waals surface area contributed by atoms with Gasteiger partial charge < -0.3 is 9.64 Å². The lowest BCUT2D eigenvalue weighted by atomic mass is 10.1. The first-order chi connectivity index (χ1) is 9.40. The van der Waals surface area contributed by atoms with Gasteiger partial charge in [-0.2, -0.15) is 0 Å². The van der Waals surface area contributed by atoms with E-state index in [1.807, 2.05) is 11.9 Å². The van der Waals surface area contributed by atoms with Gasteiger partial charge in [-0.15, -0.1) is 0 Å². The summed E-state index contributed by atoms with van der Waals surface area (Å²) >= 11 is 1.25. The van der Waals surface area contributed by atoms with Gasteiger partial charge >= 0.3 is 5.97 Å². The molecule has 5 nitrogen and oxygen atoms in total. The molecule has 0 saturated carbocycles. The van der Waals surface area contributed by atoms with Gasteiger partial charge in [0.2, 0.25) is 0 Å². The second-order valence-electron chi connectivity index (χ2n) is 4.84. The van der Waals surface area contributed by atoms with Crippen molar-refractivity contribution in [2.45, 2.75) is 34.1 Å². The van der Waals surface area contributed by atoms with E-state index in [4.69, 9.17) is 4.74 Å². The van der Waals surface area contributed by atoms with E-state index < -0.39 is 5.97 Å². The third kappa shape index (κ3) is 4.03. The van der Waals surface area contributed by atoms with Crippen molar-refractivity contribution >= 4 is 28.2 Å². The average molecular weight is 298 g/mol. The van der Waals surface area contributed by atoms with Gasteiger partial charge in [0.05, 0.1) is 6.61 Å². The fraction of sp³-hybridized carbons (Fsp3) is 0.643. The summed E-state index contributed by atoms with van der Waals surface area (Å²) in [5, 5.41) is 0.679. The zero-order valence-electron chi connectivity index (χ0n) is 12.7. The van der Waals surface area contributed by atoms with E-state index in [1.54, 1.807) is 6.92 Å². The molecule has 1 heterocycles. The zero-order valence-corrected chi connectivity index (χ0v) is 13.5. The van der Waals surface area contributed by atoms with Gasteiger partial charge in [-0.1, -0.05) is 31.6 Å². The highest BCUT2D eigenvalue weighted by molar-refractivity contribution is 7.17. The summed E-state index contributed by atoms with van der Waals surface area (Å²) in [6, 6.07) is 0. The van der Waals surface area contributed by atoms with E-state index in [9.17, 15) is 9.59 Å². The van der Waals surface area contributed by atoms with E-state index in [0.717, 1.165) is 13.0 Å². The minimum Gasteiger partial charge on any atom is -0.461 e. The Balaban J connectivity index is 3.02. The van der Waals surface area contributed by atoms with Crippen LogP contribution in [0.1, 0.15) is 54.3 Å². The molecule has 0 aliphatic rings. The molecule has 20 heavy (non-hydrogen) atoms. The SMILES string of the molecule is CCOC(=O)c1nc(N(C)CC(C)CC)sc1C(C)=O. The molecule has 0 fully saturated rings. The standard InChI is InChI=1S/C14H22N2O3S/c1-6-9(3)8-16(5)14-15-11(13(18)19-7-2)12(20-14)10(4)17/h9H,6-8H2,1-5H3. The average Bonchev–Trinajstić information content (AvgIpc) is 2.84. The second kappa shape index (κ2) is 7.38. The molecule has 1 atom stereocenters. The van der Waals surface area contributed by atoms with Crippen LogP contribution >= 0.6 is 11.3 Å². The predicted molar refractivity (Wildman–Crippen MR) is 80.8 cm³/mol. The molecule has 0 aliphatic heterocycles. The highest BCUT2D eigenvalue weighted by Crippen LogP contribution is 2.27. The summed E-state index contributed by atoms with van der Waals surface area (Å²) in [5.74, 6) is -0.165. The van der Waals surface area contributed by atoms with Crippen molar-refractivity contribution in [1.82, 2.24) is 4.98 Å². The lowest BCUT2D eigenvalue weighted by molar-refractivity contribution is 0.0517. The normalized spacial score (nSPS) is 12.1. The fourth-order valence-electron chi connectivity index (χ4n) is 1.72. The Hall–Kier alpha value is -1.43. The molecule has 0 radical (unpaired) electrons. The Kier molecular flexibility index (Phi) is 6.13. The van der Waals surface area contributed by atoms with Crippen LogP contribution < -0.4 is 4.90 Å². The number of anilines is 1. The van der Waals surface area contributed by atoms with Crippen LogP contribution in [0, 0.1) is 5.92 Å². The molecular weight excluding hydrogens is 276 g/mol. The number of ketones is 1. The van der Waals surface area contributed by atoms with Gasteiger partial charge in [-0.05, 0) is 12.8 Å². The number of ether oxygens (including phenoxy) is 1. The van der Waals surface area contributed by atoms with E-state index in [2.05, 4.69) is 18.8 Å². The first kappa shape index (κ1) is 16.6. The number of esters is 1. The number of carbonyl (C=O) groups excluding carboxylic acids is 2. The number of aromatic nitrogens is 1. The summed E-state index contributed by atoms with van der Waals surface area (Å²) in [4.78, 5) is 30.1. The maximum Gasteiger partial charge on any atom is 0.358 e. The van der Waals surface area contributed by atoms with Gasteiger partial charge in [0, 0.05) is 20.5 Å². The predicted octanol–water partition coefficient (Wildman–Crippen LogP) is 3.00. The molecule has 1 aromatic rings. The number of hydrogen-bond donors (Lipinski definition) is 0. The Morgan fingerprint density at radius 3 is 2.55 bits per heavy atom. The maximum absolute atomic E-state index is 11.8. The summed E-state index contributed by atoms with van der Waals surface area (Å²) in [7, 11) is 1.92. The summed E-state index contributed by atoms with van der Waals surface area (Å²) in [5.41, 5.74) is 0.135. The highest BCUT2D eigenvalue weighted by atomic mass is 32.1. The summed E-state index contributed by atoms with van der Waals surface area (Å²) in [6.07, 6.45) is 1.07. The molecule has 112 valence electrons. The second-order valence-corrected chi connectivity index (χ2v) is 5.82. The first-order valence-corrected chi connectivity index (χ1v) is 7.62. The third-order valence-electron chi connectivity index (χ3n) is 3.01. The van der Waals surface area contributed by atoms with Crippen LogP contribution in [-0.4, -0.2) is 36.9 Å². The molecule has 0 aromatic carbocycles. The Morgan fingerprint density at radius 2 is 2.05 bits per heavy atom. The number of nitrogens with zero attached hydrogens (tertiary/aromatic N) is 2. The number of hydrogen-bond acceptors (Lipinski definition) is 6. The molecule has 1 rings (SSSR count). The molecule has 0 amide bonds. The van der Waals surface area contributed by atoms with Gasteiger partial charge in [0.25, 0.3) is 0 Å². The minimum atomic E-state index is -0.530. The first-order valence-electron chi connectivity index (χ1n) is 6.80. The molecule has 0 N–H and O–H groups in total. The van der Waals surface area contributed by atoms with Crippen LogP contribution in [0.2, 0.25) is 0 Å². The number of carbonyl (C=O) groups is 2. The van der Waals surface area contributed by atoms with Crippen molar-refractivity contribution < 1.29 is 14.3 Å². The van der Waals surface area contributed by atoms with Gasteiger partial charge in [-0.3, -0.25) is 4.79 Å². The van der Waals surface area contributed by atoms with E-state index in [1.165, 1.54) is 18.3 Å². The molecule has 0 saturated heterocycles. The molecule has 1 aromatic heterocycles. The zero-order chi connectivity index (χ0) is 15.3.